The Kier molecular flexibility index (Phi) is 3.65. The molecule has 52 valence electrons. The lowest BCUT2D eigenvalue weighted by molar-refractivity contribution is -0.145. The SMILES string of the molecule is CC(=O)ONC(=S)NN. The van der Waals surface area contributed by atoms with Gasteiger partial charge < -0.3 is 4.84 Å². The fraction of sp³-hybridized carbons (Fsp3) is 0.333. The van der Waals surface area contributed by atoms with Crippen LogP contribution < -0.4 is 16.7 Å². The molecule has 0 aromatic rings. The average Bonchev–Trinajstić information content (AvgIpc) is 1.83. The van der Waals surface area contributed by atoms with Gasteiger partial charge in [0.25, 0.3) is 0 Å². The van der Waals surface area contributed by atoms with E-state index in [9.17, 15) is 4.79 Å². The molecule has 0 saturated carbocycles. The third-order valence-electron chi connectivity index (χ3n) is 0.419. The van der Waals surface area contributed by atoms with E-state index in [0.717, 1.165) is 0 Å². The summed E-state index contributed by atoms with van der Waals surface area (Å²) in [5.41, 5.74) is 4.14. The quantitative estimate of drug-likeness (QED) is 0.228. The standard InChI is InChI=1S/C3H7N3O2S/c1-2(7)8-6-3(9)5-4/h4H2,1H3,(H2,5,6,9). The van der Waals surface area contributed by atoms with E-state index in [2.05, 4.69) is 28.0 Å². The van der Waals surface area contributed by atoms with Crippen LogP contribution in [0.1, 0.15) is 6.92 Å². The number of rotatable bonds is 0. The van der Waals surface area contributed by atoms with E-state index < -0.39 is 5.97 Å². The van der Waals surface area contributed by atoms with Gasteiger partial charge in [0.2, 0.25) is 5.11 Å². The van der Waals surface area contributed by atoms with Crippen LogP contribution in [0, 0.1) is 0 Å². The highest BCUT2D eigenvalue weighted by Gasteiger charge is 1.92. The van der Waals surface area contributed by atoms with Gasteiger partial charge in [-0.15, -0.1) is 0 Å². The number of nitrogens with one attached hydrogen (secondary N) is 2. The summed E-state index contributed by atoms with van der Waals surface area (Å²) in [6.07, 6.45) is 0. The monoisotopic (exact) mass is 149 g/mol. The Balaban J connectivity index is 3.28. The number of thiocarbonyl (C=S) groups is 1. The molecule has 0 fully saturated rings. The lowest BCUT2D eigenvalue weighted by atomic mass is 10.8. The van der Waals surface area contributed by atoms with Gasteiger partial charge in [0, 0.05) is 6.92 Å². The van der Waals surface area contributed by atoms with Crippen molar-refractivity contribution in [2.24, 2.45) is 5.84 Å². The molecule has 0 bridgehead atoms. The van der Waals surface area contributed by atoms with Gasteiger partial charge in [-0.1, -0.05) is 0 Å². The summed E-state index contributed by atoms with van der Waals surface area (Å²) < 4.78 is 0. The van der Waals surface area contributed by atoms with Crippen molar-refractivity contribution >= 4 is 23.3 Å². The molecule has 0 aliphatic heterocycles. The molecule has 0 aromatic carbocycles. The minimum atomic E-state index is -0.479. The molecule has 5 nitrogen and oxygen atoms in total. The molecule has 0 amide bonds. The van der Waals surface area contributed by atoms with Crippen molar-refractivity contribution in [3.63, 3.8) is 0 Å². The number of carbonyl (C=O) groups is 1. The lowest BCUT2D eigenvalue weighted by Crippen LogP contribution is -2.40. The van der Waals surface area contributed by atoms with E-state index in [1.165, 1.54) is 6.92 Å². The zero-order chi connectivity index (χ0) is 7.28. The van der Waals surface area contributed by atoms with E-state index in [0.29, 0.717) is 0 Å². The summed E-state index contributed by atoms with van der Waals surface area (Å²) in [6.45, 7) is 1.24. The Morgan fingerprint density at radius 2 is 2.33 bits per heavy atom. The Morgan fingerprint density at radius 1 is 1.78 bits per heavy atom. The molecule has 9 heavy (non-hydrogen) atoms. The minimum absolute atomic E-state index is 0.0604. The molecule has 6 heteroatoms. The predicted octanol–water partition coefficient (Wildman–Crippen LogP) is -1.20. The number of hydrogen-bond acceptors (Lipinski definition) is 4. The van der Waals surface area contributed by atoms with E-state index in [1.54, 1.807) is 0 Å². The second-order valence-corrected chi connectivity index (χ2v) is 1.58. The van der Waals surface area contributed by atoms with Crippen LogP contribution in [-0.4, -0.2) is 11.1 Å². The first-order chi connectivity index (χ1) is 4.16. The van der Waals surface area contributed by atoms with E-state index in [-0.39, 0.29) is 5.11 Å². The highest BCUT2D eigenvalue weighted by Crippen LogP contribution is 1.67. The predicted molar refractivity (Wildman–Crippen MR) is 34.8 cm³/mol. The molecule has 0 spiro atoms. The van der Waals surface area contributed by atoms with Crippen molar-refractivity contribution in [3.8, 4) is 0 Å². The van der Waals surface area contributed by atoms with Crippen molar-refractivity contribution in [1.29, 1.82) is 0 Å². The first-order valence-electron chi connectivity index (χ1n) is 2.11. The van der Waals surface area contributed by atoms with Gasteiger partial charge in [0.1, 0.15) is 0 Å². The molecule has 0 heterocycles. The molecule has 0 saturated heterocycles. The van der Waals surface area contributed by atoms with Crippen molar-refractivity contribution in [2.75, 3.05) is 0 Å². The van der Waals surface area contributed by atoms with Crippen molar-refractivity contribution in [3.05, 3.63) is 0 Å². The zero-order valence-electron chi connectivity index (χ0n) is 4.80. The number of hydrazine groups is 1. The Labute approximate surface area is 57.5 Å². The van der Waals surface area contributed by atoms with Crippen LogP contribution in [-0.2, 0) is 9.63 Å². The van der Waals surface area contributed by atoms with Gasteiger partial charge in [-0.05, 0) is 12.2 Å². The fourth-order valence-electron chi connectivity index (χ4n) is 0.148. The first-order valence-corrected chi connectivity index (χ1v) is 2.51. The Bertz CT molecular complexity index is 126. The Morgan fingerprint density at radius 3 is 2.67 bits per heavy atom. The maximum absolute atomic E-state index is 10.1. The lowest BCUT2D eigenvalue weighted by Gasteiger charge is -2.02. The summed E-state index contributed by atoms with van der Waals surface area (Å²) in [6, 6.07) is 0. The molecular formula is C3H7N3O2S. The molecule has 4 N–H and O–H groups in total. The largest absolute Gasteiger partial charge is 0.342 e. The van der Waals surface area contributed by atoms with Crippen LogP contribution in [0.15, 0.2) is 0 Å². The normalized spacial score (nSPS) is 7.78. The van der Waals surface area contributed by atoms with Crippen LogP contribution >= 0.6 is 12.2 Å². The van der Waals surface area contributed by atoms with Gasteiger partial charge in [-0.2, -0.15) is 5.48 Å². The maximum atomic E-state index is 10.1. The van der Waals surface area contributed by atoms with Crippen LogP contribution in [0.2, 0.25) is 0 Å². The summed E-state index contributed by atoms with van der Waals surface area (Å²) in [5, 5.41) is 0.0604. The van der Waals surface area contributed by atoms with Crippen molar-refractivity contribution < 1.29 is 9.63 Å². The third-order valence-corrected chi connectivity index (χ3v) is 0.620. The minimum Gasteiger partial charge on any atom is -0.342 e. The van der Waals surface area contributed by atoms with Gasteiger partial charge in [0.05, 0.1) is 0 Å². The molecule has 0 rings (SSSR count). The van der Waals surface area contributed by atoms with E-state index >= 15 is 0 Å². The molecule has 0 atom stereocenters. The maximum Gasteiger partial charge on any atom is 0.329 e. The molecule has 0 aliphatic carbocycles. The van der Waals surface area contributed by atoms with E-state index in [4.69, 9.17) is 5.84 Å². The summed E-state index contributed by atoms with van der Waals surface area (Å²) in [7, 11) is 0. The Hall–Kier alpha value is -0.880. The van der Waals surface area contributed by atoms with Crippen LogP contribution in [0.3, 0.4) is 0 Å². The summed E-state index contributed by atoms with van der Waals surface area (Å²) >= 11 is 4.45. The molecule has 0 aromatic heterocycles. The number of nitrogens with two attached hydrogens (primary N) is 1. The third kappa shape index (κ3) is 4.98. The molecule has 0 unspecified atom stereocenters. The van der Waals surface area contributed by atoms with Crippen molar-refractivity contribution in [2.45, 2.75) is 6.92 Å². The van der Waals surface area contributed by atoms with E-state index in [1.807, 2.05) is 0 Å². The summed E-state index contributed by atoms with van der Waals surface area (Å²) in [5.74, 6) is 4.33. The van der Waals surface area contributed by atoms with Crippen LogP contribution in [0.5, 0.6) is 0 Å². The van der Waals surface area contributed by atoms with Crippen molar-refractivity contribution in [1.82, 2.24) is 10.9 Å². The topological polar surface area (TPSA) is 76.4 Å². The number of hydroxylamine groups is 1. The first kappa shape index (κ1) is 8.12. The number of carbonyl (C=O) groups excluding carboxylic acids is 1. The number of hydrogen-bond donors (Lipinski definition) is 3. The van der Waals surface area contributed by atoms with Crippen LogP contribution in [0.4, 0.5) is 0 Å². The molecule has 0 aliphatic rings. The van der Waals surface area contributed by atoms with Gasteiger partial charge in [-0.3, -0.25) is 10.2 Å². The van der Waals surface area contributed by atoms with Gasteiger partial charge in [0.15, 0.2) is 0 Å². The highest BCUT2D eigenvalue weighted by atomic mass is 32.1. The zero-order valence-corrected chi connectivity index (χ0v) is 5.62. The highest BCUT2D eigenvalue weighted by molar-refractivity contribution is 7.80. The fourth-order valence-corrected chi connectivity index (χ4v) is 0.189. The smallest absolute Gasteiger partial charge is 0.329 e. The second kappa shape index (κ2) is 4.04. The average molecular weight is 149 g/mol. The second-order valence-electron chi connectivity index (χ2n) is 1.17. The van der Waals surface area contributed by atoms with Gasteiger partial charge >= 0.3 is 5.97 Å². The molecular weight excluding hydrogens is 142 g/mol. The molecule has 0 radical (unpaired) electrons. The summed E-state index contributed by atoms with van der Waals surface area (Å²) in [4.78, 5) is 14.3. The van der Waals surface area contributed by atoms with Crippen LogP contribution in [0.25, 0.3) is 0 Å². The van der Waals surface area contributed by atoms with Gasteiger partial charge in [-0.25, -0.2) is 5.84 Å².